The molecule has 2 bridgehead atoms. The standard InChI is InChI=1S/C31H33N9O3/c41-27-20-43-25-11-12-26-34-29(25)38(27)14-3-1-2-4-15-39-30(42)24-18-32-31(35-28(24)40(26)39)33-21-7-9-22(10-8-21)37-17-16-36-13-5-6-23(36)19-37/h2,4,7-12,18,23H,1,3,5-6,13-17,19-20H2,(H,32,33,35)/b4-2-. The van der Waals surface area contributed by atoms with Gasteiger partial charge in [-0.2, -0.15) is 4.98 Å². The van der Waals surface area contributed by atoms with Crippen molar-refractivity contribution < 1.29 is 9.53 Å². The van der Waals surface area contributed by atoms with Gasteiger partial charge >= 0.3 is 0 Å². The zero-order valence-electron chi connectivity index (χ0n) is 23.9. The number of carbonyl (C=O) groups is 1. The number of fused-ring (bicyclic) bond motifs is 6. The lowest BCUT2D eigenvalue weighted by Crippen LogP contribution is -2.50. The lowest BCUT2D eigenvalue weighted by molar-refractivity contribution is -0.121. The van der Waals surface area contributed by atoms with Gasteiger partial charge in [-0.3, -0.25) is 19.4 Å². The largest absolute Gasteiger partial charge is 0.480 e. The molecule has 1 aromatic carbocycles. The summed E-state index contributed by atoms with van der Waals surface area (Å²) < 4.78 is 8.97. The second kappa shape index (κ2) is 10.5. The molecule has 12 heteroatoms. The van der Waals surface area contributed by atoms with Crippen LogP contribution in [0.3, 0.4) is 0 Å². The lowest BCUT2D eigenvalue weighted by Gasteiger charge is -2.38. The fourth-order valence-electron chi connectivity index (χ4n) is 6.67. The molecule has 220 valence electrons. The lowest BCUT2D eigenvalue weighted by atomic mass is 10.1. The summed E-state index contributed by atoms with van der Waals surface area (Å²) in [7, 11) is 0. The first-order chi connectivity index (χ1) is 21.1. The van der Waals surface area contributed by atoms with E-state index in [1.54, 1.807) is 32.6 Å². The van der Waals surface area contributed by atoms with Gasteiger partial charge in [0.15, 0.2) is 29.6 Å². The fourth-order valence-corrected chi connectivity index (χ4v) is 6.67. The zero-order chi connectivity index (χ0) is 28.9. The Morgan fingerprint density at radius 3 is 2.74 bits per heavy atom. The zero-order valence-corrected chi connectivity index (χ0v) is 23.9. The molecule has 1 N–H and O–H groups in total. The number of hydrogen-bond donors (Lipinski definition) is 1. The number of anilines is 4. The Balaban J connectivity index is 1.13. The first kappa shape index (κ1) is 26.0. The highest BCUT2D eigenvalue weighted by Gasteiger charge is 2.31. The van der Waals surface area contributed by atoms with Crippen LogP contribution in [0.25, 0.3) is 16.9 Å². The molecule has 1 atom stereocenters. The van der Waals surface area contributed by atoms with Crippen LogP contribution in [-0.2, 0) is 11.3 Å². The number of ether oxygens (including phenoxy) is 1. The monoisotopic (exact) mass is 579 g/mol. The molecule has 4 aliphatic heterocycles. The van der Waals surface area contributed by atoms with Crippen LogP contribution in [0.15, 0.2) is 59.5 Å². The number of aromatic nitrogens is 5. The molecule has 0 aliphatic carbocycles. The molecule has 0 saturated carbocycles. The molecule has 0 radical (unpaired) electrons. The molecular formula is C31H33N9O3. The summed E-state index contributed by atoms with van der Waals surface area (Å²) in [6.45, 7) is 5.35. The van der Waals surface area contributed by atoms with E-state index in [4.69, 9.17) is 14.7 Å². The summed E-state index contributed by atoms with van der Waals surface area (Å²) in [5.74, 6) is 1.72. The van der Waals surface area contributed by atoms with Crippen LogP contribution in [0, 0.1) is 0 Å². The van der Waals surface area contributed by atoms with Gasteiger partial charge < -0.3 is 15.0 Å². The molecule has 43 heavy (non-hydrogen) atoms. The van der Waals surface area contributed by atoms with E-state index in [-0.39, 0.29) is 18.1 Å². The van der Waals surface area contributed by atoms with Gasteiger partial charge in [0.25, 0.3) is 11.5 Å². The normalized spacial score (nSPS) is 21.0. The van der Waals surface area contributed by atoms with Gasteiger partial charge in [0.2, 0.25) is 5.95 Å². The molecule has 2 fully saturated rings. The molecule has 12 nitrogen and oxygen atoms in total. The Bertz CT molecular complexity index is 1790. The van der Waals surface area contributed by atoms with Gasteiger partial charge in [-0.05, 0) is 68.6 Å². The smallest absolute Gasteiger partial charge is 0.278 e. The average molecular weight is 580 g/mol. The van der Waals surface area contributed by atoms with E-state index in [1.165, 1.54) is 25.1 Å². The quantitative estimate of drug-likeness (QED) is 0.366. The number of rotatable bonds is 3. The first-order valence-corrected chi connectivity index (χ1v) is 15.1. The Morgan fingerprint density at radius 2 is 1.84 bits per heavy atom. The Morgan fingerprint density at radius 1 is 0.930 bits per heavy atom. The predicted molar refractivity (Wildman–Crippen MR) is 164 cm³/mol. The van der Waals surface area contributed by atoms with Gasteiger partial charge in [-0.15, -0.1) is 0 Å². The van der Waals surface area contributed by atoms with Crippen molar-refractivity contribution >= 4 is 40.1 Å². The number of nitrogens with one attached hydrogen (secondary N) is 1. The fraction of sp³-hybridized carbons (Fsp3) is 0.387. The van der Waals surface area contributed by atoms with Crippen LogP contribution in [-0.4, -0.2) is 80.5 Å². The molecule has 8 rings (SSSR count). The molecular weight excluding hydrogens is 546 g/mol. The van der Waals surface area contributed by atoms with Crippen LogP contribution in [0.4, 0.5) is 23.1 Å². The minimum Gasteiger partial charge on any atom is -0.480 e. The van der Waals surface area contributed by atoms with Crippen molar-refractivity contribution in [2.75, 3.05) is 54.4 Å². The maximum Gasteiger partial charge on any atom is 0.278 e. The number of nitrogens with zero attached hydrogens (tertiary/aromatic N) is 8. The van der Waals surface area contributed by atoms with Gasteiger partial charge in [0, 0.05) is 49.8 Å². The average Bonchev–Trinajstić information content (AvgIpc) is 3.61. The number of benzene rings is 1. The third-order valence-electron chi connectivity index (χ3n) is 8.90. The number of allylic oxidation sites excluding steroid dienone is 2. The molecule has 4 aromatic rings. The van der Waals surface area contributed by atoms with E-state index in [9.17, 15) is 9.59 Å². The highest BCUT2D eigenvalue weighted by atomic mass is 16.5. The second-order valence-corrected chi connectivity index (χ2v) is 11.5. The minimum atomic E-state index is -0.210. The van der Waals surface area contributed by atoms with Crippen LogP contribution in [0.5, 0.6) is 5.75 Å². The highest BCUT2D eigenvalue weighted by Crippen LogP contribution is 2.32. The van der Waals surface area contributed by atoms with E-state index >= 15 is 0 Å². The second-order valence-electron chi connectivity index (χ2n) is 11.5. The Kier molecular flexibility index (Phi) is 6.36. The number of piperazine rings is 1. The predicted octanol–water partition coefficient (Wildman–Crippen LogP) is 3.08. The van der Waals surface area contributed by atoms with Crippen LogP contribution >= 0.6 is 0 Å². The topological polar surface area (TPSA) is 114 Å². The third kappa shape index (κ3) is 4.62. The Labute approximate surface area is 248 Å². The maximum atomic E-state index is 13.5. The van der Waals surface area contributed by atoms with E-state index in [0.717, 1.165) is 38.2 Å². The summed E-state index contributed by atoms with van der Waals surface area (Å²) in [6.07, 6.45) is 9.71. The number of carbonyl (C=O) groups excluding carboxylic acids is 1. The van der Waals surface area contributed by atoms with Crippen molar-refractivity contribution in [3.05, 3.63) is 65.1 Å². The molecule has 4 aliphatic rings. The third-order valence-corrected chi connectivity index (χ3v) is 8.90. The SMILES string of the molecule is O=C1COc2ccc3nc2N1CCC/C=C\Cn1c(=O)c2cnc(Nc4ccc(N5CCN6CCCC6C5)cc4)nc2n1-3. The van der Waals surface area contributed by atoms with E-state index in [2.05, 4.69) is 32.2 Å². The van der Waals surface area contributed by atoms with E-state index < -0.39 is 0 Å². The van der Waals surface area contributed by atoms with Crippen molar-refractivity contribution in [1.29, 1.82) is 0 Å². The van der Waals surface area contributed by atoms with Crippen molar-refractivity contribution in [2.45, 2.75) is 38.3 Å². The minimum absolute atomic E-state index is 0.0125. The van der Waals surface area contributed by atoms with Gasteiger partial charge in [-0.25, -0.2) is 19.3 Å². The maximum absolute atomic E-state index is 13.5. The molecule has 1 amide bonds. The highest BCUT2D eigenvalue weighted by molar-refractivity contribution is 5.96. The molecule has 0 spiro atoms. The van der Waals surface area contributed by atoms with Crippen LogP contribution in [0.2, 0.25) is 0 Å². The van der Waals surface area contributed by atoms with Gasteiger partial charge in [-0.1, -0.05) is 12.2 Å². The summed E-state index contributed by atoms with van der Waals surface area (Å²) >= 11 is 0. The van der Waals surface area contributed by atoms with Crippen molar-refractivity contribution in [1.82, 2.24) is 29.2 Å². The van der Waals surface area contributed by atoms with Crippen molar-refractivity contribution in [3.63, 3.8) is 0 Å². The molecule has 2 saturated heterocycles. The van der Waals surface area contributed by atoms with Gasteiger partial charge in [0.05, 0.1) is 6.54 Å². The van der Waals surface area contributed by atoms with Crippen LogP contribution in [0.1, 0.15) is 25.7 Å². The Hall–Kier alpha value is -4.71. The summed E-state index contributed by atoms with van der Waals surface area (Å²) in [5, 5.41) is 3.70. The summed E-state index contributed by atoms with van der Waals surface area (Å²) in [6, 6.07) is 12.6. The molecule has 7 heterocycles. The number of amides is 1. The molecule has 3 aromatic heterocycles. The summed E-state index contributed by atoms with van der Waals surface area (Å²) in [4.78, 5) is 47.1. The number of pyridine rings is 1. The van der Waals surface area contributed by atoms with Crippen molar-refractivity contribution in [3.8, 4) is 11.6 Å². The first-order valence-electron chi connectivity index (χ1n) is 15.1. The molecule has 1 unspecified atom stereocenters. The number of hydrogen-bond acceptors (Lipinski definition) is 9. The summed E-state index contributed by atoms with van der Waals surface area (Å²) in [5.41, 5.74) is 2.30. The van der Waals surface area contributed by atoms with E-state index in [1.807, 2.05) is 24.3 Å². The van der Waals surface area contributed by atoms with Crippen molar-refractivity contribution in [2.24, 2.45) is 0 Å². The van der Waals surface area contributed by atoms with Crippen LogP contribution < -0.4 is 25.4 Å². The van der Waals surface area contributed by atoms with E-state index in [0.29, 0.717) is 53.5 Å². The van der Waals surface area contributed by atoms with Gasteiger partial charge in [0.1, 0.15) is 5.39 Å².